The van der Waals surface area contributed by atoms with Gasteiger partial charge in [0, 0.05) is 38.9 Å². The van der Waals surface area contributed by atoms with Crippen molar-refractivity contribution >= 4 is 17.6 Å². The molecule has 2 aromatic rings. The fraction of sp³-hybridized carbons (Fsp3) is 0.400. The van der Waals surface area contributed by atoms with Crippen molar-refractivity contribution in [2.75, 3.05) is 37.6 Å². The van der Waals surface area contributed by atoms with Gasteiger partial charge in [-0.25, -0.2) is 9.97 Å². The molecule has 0 atom stereocenters. The van der Waals surface area contributed by atoms with Crippen molar-refractivity contribution in [1.29, 1.82) is 0 Å². The third-order valence-corrected chi connectivity index (χ3v) is 4.41. The van der Waals surface area contributed by atoms with Gasteiger partial charge in [0.2, 0.25) is 0 Å². The minimum absolute atomic E-state index is 0.144. The molecule has 1 N–H and O–H groups in total. The van der Waals surface area contributed by atoms with Crippen LogP contribution in [0.15, 0.2) is 42.6 Å². The van der Waals surface area contributed by atoms with Gasteiger partial charge in [-0.1, -0.05) is 26.0 Å². The summed E-state index contributed by atoms with van der Waals surface area (Å²) in [5.74, 6) is 0.883. The number of hydrogen-bond donors (Lipinski definition) is 1. The fourth-order valence-electron chi connectivity index (χ4n) is 2.91. The molecule has 7 nitrogen and oxygen atoms in total. The van der Waals surface area contributed by atoms with Gasteiger partial charge in [0.1, 0.15) is 17.2 Å². The number of nitrogens with zero attached hydrogens (tertiary/aromatic N) is 4. The molecule has 7 heteroatoms. The van der Waals surface area contributed by atoms with E-state index in [1.54, 1.807) is 29.3 Å². The first-order valence-electron chi connectivity index (χ1n) is 9.25. The molecule has 27 heavy (non-hydrogen) atoms. The average Bonchev–Trinajstić information content (AvgIpc) is 2.72. The van der Waals surface area contributed by atoms with Crippen LogP contribution in [0.5, 0.6) is 0 Å². The molecule has 0 aromatic carbocycles. The van der Waals surface area contributed by atoms with Gasteiger partial charge < -0.3 is 15.1 Å². The molecule has 1 aliphatic heterocycles. The highest BCUT2D eigenvalue weighted by molar-refractivity contribution is 5.96. The van der Waals surface area contributed by atoms with Gasteiger partial charge in [-0.2, -0.15) is 0 Å². The maximum atomic E-state index is 12.8. The number of pyridine rings is 2. The first kappa shape index (κ1) is 18.8. The zero-order valence-electron chi connectivity index (χ0n) is 15.8. The number of amides is 2. The summed E-state index contributed by atoms with van der Waals surface area (Å²) in [5, 5.41) is 2.83. The topological polar surface area (TPSA) is 78.4 Å². The van der Waals surface area contributed by atoms with Gasteiger partial charge in [0.15, 0.2) is 0 Å². The lowest BCUT2D eigenvalue weighted by atomic mass is 10.2. The van der Waals surface area contributed by atoms with Crippen LogP contribution in [0.25, 0.3) is 0 Å². The Bertz CT molecular complexity index is 786. The number of carbonyl (C=O) groups excluding carboxylic acids is 2. The van der Waals surface area contributed by atoms with E-state index in [1.165, 1.54) is 0 Å². The van der Waals surface area contributed by atoms with Crippen LogP contribution >= 0.6 is 0 Å². The summed E-state index contributed by atoms with van der Waals surface area (Å²) in [5.41, 5.74) is 0.576. The van der Waals surface area contributed by atoms with Crippen LogP contribution in [0.2, 0.25) is 0 Å². The second-order valence-corrected chi connectivity index (χ2v) is 6.98. The molecule has 2 amide bonds. The molecule has 0 radical (unpaired) electrons. The molecule has 1 aliphatic rings. The van der Waals surface area contributed by atoms with Gasteiger partial charge in [-0.15, -0.1) is 0 Å². The summed E-state index contributed by atoms with van der Waals surface area (Å²) >= 11 is 0. The van der Waals surface area contributed by atoms with Crippen LogP contribution in [0.1, 0.15) is 34.8 Å². The van der Waals surface area contributed by atoms with Crippen LogP contribution in [0, 0.1) is 5.92 Å². The van der Waals surface area contributed by atoms with E-state index in [2.05, 4.69) is 20.2 Å². The molecule has 0 aliphatic carbocycles. The van der Waals surface area contributed by atoms with E-state index in [1.807, 2.05) is 32.0 Å². The quantitative estimate of drug-likeness (QED) is 0.872. The molecule has 0 spiro atoms. The van der Waals surface area contributed by atoms with Gasteiger partial charge in [-0.05, 0) is 30.2 Å². The van der Waals surface area contributed by atoms with Gasteiger partial charge in [0.05, 0.1) is 0 Å². The Balaban J connectivity index is 1.61. The normalized spacial score (nSPS) is 14.3. The van der Waals surface area contributed by atoms with Gasteiger partial charge >= 0.3 is 0 Å². The van der Waals surface area contributed by atoms with Crippen LogP contribution in [0.4, 0.5) is 5.82 Å². The first-order valence-corrected chi connectivity index (χ1v) is 9.25. The Kier molecular flexibility index (Phi) is 6.01. The lowest BCUT2D eigenvalue weighted by Gasteiger charge is -2.35. The van der Waals surface area contributed by atoms with E-state index in [9.17, 15) is 9.59 Å². The van der Waals surface area contributed by atoms with Crippen LogP contribution in [0.3, 0.4) is 0 Å². The van der Waals surface area contributed by atoms with Crippen molar-refractivity contribution in [3.63, 3.8) is 0 Å². The third-order valence-electron chi connectivity index (χ3n) is 4.41. The van der Waals surface area contributed by atoms with Crippen molar-refractivity contribution < 1.29 is 9.59 Å². The lowest BCUT2D eigenvalue weighted by Crippen LogP contribution is -2.49. The summed E-state index contributed by atoms with van der Waals surface area (Å²) in [6.45, 7) is 7.26. The first-order chi connectivity index (χ1) is 13.0. The zero-order chi connectivity index (χ0) is 19.2. The highest BCUT2D eigenvalue weighted by Gasteiger charge is 2.24. The Labute approximate surface area is 159 Å². The summed E-state index contributed by atoms with van der Waals surface area (Å²) in [6.07, 6.45) is 1.77. The molecule has 142 valence electrons. The molecule has 0 saturated carbocycles. The Morgan fingerprint density at radius 1 is 1.04 bits per heavy atom. The van der Waals surface area contributed by atoms with Crippen LogP contribution in [-0.2, 0) is 0 Å². The number of nitrogens with one attached hydrogen (secondary N) is 1. The second kappa shape index (κ2) is 8.62. The molecule has 1 fully saturated rings. The maximum Gasteiger partial charge on any atom is 0.272 e. The fourth-order valence-corrected chi connectivity index (χ4v) is 2.91. The van der Waals surface area contributed by atoms with Crippen molar-refractivity contribution in [2.24, 2.45) is 5.92 Å². The molecule has 3 heterocycles. The van der Waals surface area contributed by atoms with Crippen molar-refractivity contribution in [3.8, 4) is 0 Å². The van der Waals surface area contributed by atoms with E-state index in [4.69, 9.17) is 0 Å². The van der Waals surface area contributed by atoms with E-state index in [0.29, 0.717) is 31.2 Å². The summed E-state index contributed by atoms with van der Waals surface area (Å²) < 4.78 is 0. The van der Waals surface area contributed by atoms with E-state index in [-0.39, 0.29) is 17.5 Å². The van der Waals surface area contributed by atoms with E-state index in [0.717, 1.165) is 18.9 Å². The third kappa shape index (κ3) is 4.81. The minimum Gasteiger partial charge on any atom is -0.353 e. The van der Waals surface area contributed by atoms with Crippen molar-refractivity contribution in [1.82, 2.24) is 20.2 Å². The summed E-state index contributed by atoms with van der Waals surface area (Å²) in [7, 11) is 0. The SMILES string of the molecule is CC(C)CNC(=O)c1cccc(C(=O)N2CCN(c3ccccn3)CC2)n1. The molecular weight excluding hydrogens is 342 g/mol. The average molecular weight is 367 g/mol. The molecule has 2 aromatic heterocycles. The number of anilines is 1. The molecule has 0 bridgehead atoms. The van der Waals surface area contributed by atoms with Gasteiger partial charge in [0.25, 0.3) is 11.8 Å². The lowest BCUT2D eigenvalue weighted by molar-refractivity contribution is 0.0740. The molecule has 3 rings (SSSR count). The smallest absolute Gasteiger partial charge is 0.272 e. The number of piperazine rings is 1. The summed E-state index contributed by atoms with van der Waals surface area (Å²) in [4.78, 5) is 37.5. The number of hydrogen-bond acceptors (Lipinski definition) is 5. The Morgan fingerprint density at radius 3 is 2.44 bits per heavy atom. The predicted molar refractivity (Wildman–Crippen MR) is 104 cm³/mol. The highest BCUT2D eigenvalue weighted by atomic mass is 16.2. The molecular formula is C20H25N5O2. The second-order valence-electron chi connectivity index (χ2n) is 6.98. The zero-order valence-corrected chi connectivity index (χ0v) is 15.8. The van der Waals surface area contributed by atoms with Crippen molar-refractivity contribution in [2.45, 2.75) is 13.8 Å². The summed E-state index contributed by atoms with van der Waals surface area (Å²) in [6, 6.07) is 10.8. The van der Waals surface area contributed by atoms with Gasteiger partial charge in [-0.3, -0.25) is 9.59 Å². The Hall–Kier alpha value is -2.96. The largest absolute Gasteiger partial charge is 0.353 e. The van der Waals surface area contributed by atoms with E-state index < -0.39 is 0 Å². The highest BCUT2D eigenvalue weighted by Crippen LogP contribution is 2.14. The van der Waals surface area contributed by atoms with E-state index >= 15 is 0 Å². The number of aromatic nitrogens is 2. The molecule has 1 saturated heterocycles. The van der Waals surface area contributed by atoms with Crippen molar-refractivity contribution in [3.05, 3.63) is 54.0 Å². The number of carbonyl (C=O) groups is 2. The monoisotopic (exact) mass is 367 g/mol. The number of rotatable bonds is 5. The predicted octanol–water partition coefficient (Wildman–Crippen LogP) is 1.82. The van der Waals surface area contributed by atoms with Crippen LogP contribution in [-0.4, -0.2) is 59.4 Å². The standard InChI is InChI=1S/C20H25N5O2/c1-15(2)14-22-19(26)16-6-5-7-17(23-16)20(27)25-12-10-24(11-13-25)18-8-3-4-9-21-18/h3-9,15H,10-14H2,1-2H3,(H,22,26). The molecule has 0 unspecified atom stereocenters. The minimum atomic E-state index is -0.252. The maximum absolute atomic E-state index is 12.8. The Morgan fingerprint density at radius 2 is 1.78 bits per heavy atom. The van der Waals surface area contributed by atoms with Crippen LogP contribution < -0.4 is 10.2 Å².